The number of aliphatic hydroxyl groups is 1. The van der Waals surface area contributed by atoms with Crippen LogP contribution in [0.15, 0.2) is 0 Å². The molecule has 0 saturated carbocycles. The van der Waals surface area contributed by atoms with Crippen molar-refractivity contribution in [2.75, 3.05) is 6.54 Å². The van der Waals surface area contributed by atoms with Gasteiger partial charge in [0, 0.05) is 0 Å². The minimum Gasteiger partial charge on any atom is -0.390 e. The summed E-state index contributed by atoms with van der Waals surface area (Å²) in [4.78, 5) is 0. The van der Waals surface area contributed by atoms with Crippen LogP contribution in [-0.2, 0) is 0 Å². The molecule has 0 spiro atoms. The summed E-state index contributed by atoms with van der Waals surface area (Å²) in [5.74, 6) is 0. The number of hydrogen-bond acceptors (Lipinski definition) is 2. The van der Waals surface area contributed by atoms with Gasteiger partial charge in [-0.3, -0.25) is 0 Å². The predicted octanol–water partition coefficient (Wildman–Crippen LogP) is 1.09. The van der Waals surface area contributed by atoms with Crippen LogP contribution in [0.4, 0.5) is 0 Å². The second-order valence-electron chi connectivity index (χ2n) is 3.24. The normalized spacial score (nSPS) is 12.0. The van der Waals surface area contributed by atoms with Gasteiger partial charge in [0.25, 0.3) is 0 Å². The average molecular weight is 144 g/mol. The van der Waals surface area contributed by atoms with Crippen LogP contribution in [0.3, 0.4) is 0 Å². The number of hydrogen-bond donors (Lipinski definition) is 2. The summed E-state index contributed by atoms with van der Waals surface area (Å²) >= 11 is 0. The zero-order valence-electron chi connectivity index (χ0n) is 6.93. The van der Waals surface area contributed by atoms with Crippen molar-refractivity contribution in [3.63, 3.8) is 0 Å². The Morgan fingerprint density at radius 1 is 1.50 bits per heavy atom. The van der Waals surface area contributed by atoms with E-state index in [0.717, 1.165) is 25.8 Å². The second kappa shape index (κ2) is 4.69. The molecule has 0 atom stereocenters. The van der Waals surface area contributed by atoms with Crippen molar-refractivity contribution in [3.05, 3.63) is 6.42 Å². The third-order valence-corrected chi connectivity index (χ3v) is 1.26. The molecule has 0 aromatic carbocycles. The first-order valence-electron chi connectivity index (χ1n) is 3.80. The van der Waals surface area contributed by atoms with E-state index < -0.39 is 5.60 Å². The van der Waals surface area contributed by atoms with Crippen molar-refractivity contribution in [1.29, 1.82) is 0 Å². The van der Waals surface area contributed by atoms with Gasteiger partial charge in [0.05, 0.1) is 5.60 Å². The van der Waals surface area contributed by atoms with Crippen molar-refractivity contribution in [3.8, 4) is 0 Å². The largest absolute Gasteiger partial charge is 0.390 e. The first-order chi connectivity index (χ1) is 4.56. The fourth-order valence-corrected chi connectivity index (χ4v) is 0.717. The molecule has 0 rings (SSSR count). The van der Waals surface area contributed by atoms with Gasteiger partial charge in [-0.05, 0) is 46.1 Å². The van der Waals surface area contributed by atoms with Gasteiger partial charge in [-0.25, -0.2) is 0 Å². The third-order valence-electron chi connectivity index (χ3n) is 1.26. The topological polar surface area (TPSA) is 46.2 Å². The van der Waals surface area contributed by atoms with Gasteiger partial charge in [0.1, 0.15) is 0 Å². The summed E-state index contributed by atoms with van der Waals surface area (Å²) < 4.78 is 0. The van der Waals surface area contributed by atoms with E-state index in [-0.39, 0.29) is 0 Å². The molecule has 0 fully saturated rings. The molecule has 10 heavy (non-hydrogen) atoms. The van der Waals surface area contributed by atoms with Crippen LogP contribution in [-0.4, -0.2) is 17.3 Å². The van der Waals surface area contributed by atoms with Gasteiger partial charge < -0.3 is 10.8 Å². The van der Waals surface area contributed by atoms with Crippen molar-refractivity contribution < 1.29 is 5.11 Å². The van der Waals surface area contributed by atoms with E-state index in [9.17, 15) is 5.11 Å². The number of rotatable bonds is 5. The summed E-state index contributed by atoms with van der Waals surface area (Å²) in [7, 11) is 0. The molecule has 0 bridgehead atoms. The number of unbranched alkanes of at least 4 members (excludes halogenated alkanes) is 2. The maximum absolute atomic E-state index is 9.25. The Balaban J connectivity index is 3.04. The van der Waals surface area contributed by atoms with Crippen LogP contribution in [0.2, 0.25) is 0 Å². The zero-order chi connectivity index (χ0) is 8.04. The van der Waals surface area contributed by atoms with Crippen LogP contribution in [0.5, 0.6) is 0 Å². The van der Waals surface area contributed by atoms with Gasteiger partial charge in [-0.15, -0.1) is 0 Å². The van der Waals surface area contributed by atoms with Crippen LogP contribution in [0.25, 0.3) is 0 Å². The van der Waals surface area contributed by atoms with E-state index in [1.54, 1.807) is 0 Å². The maximum atomic E-state index is 9.25. The molecule has 0 aromatic rings. The third kappa shape index (κ3) is 7.92. The van der Waals surface area contributed by atoms with Crippen molar-refractivity contribution in [2.45, 2.75) is 38.7 Å². The van der Waals surface area contributed by atoms with Crippen LogP contribution >= 0.6 is 0 Å². The fourth-order valence-electron chi connectivity index (χ4n) is 0.717. The van der Waals surface area contributed by atoms with E-state index in [2.05, 4.69) is 6.42 Å². The summed E-state index contributed by atoms with van der Waals surface area (Å²) in [5, 5.41) is 9.25. The average Bonchev–Trinajstić information content (AvgIpc) is 1.78. The van der Waals surface area contributed by atoms with E-state index in [4.69, 9.17) is 5.73 Å². The van der Waals surface area contributed by atoms with Crippen molar-refractivity contribution in [1.82, 2.24) is 0 Å². The van der Waals surface area contributed by atoms with Gasteiger partial charge >= 0.3 is 0 Å². The summed E-state index contributed by atoms with van der Waals surface area (Å²) in [5.41, 5.74) is 4.75. The van der Waals surface area contributed by atoms with Gasteiger partial charge in [-0.2, -0.15) is 0 Å². The molecule has 0 unspecified atom stereocenters. The van der Waals surface area contributed by atoms with Gasteiger partial charge in [0.15, 0.2) is 0 Å². The molecule has 0 aliphatic carbocycles. The smallest absolute Gasteiger partial charge is 0.0594 e. The monoisotopic (exact) mass is 144 g/mol. The first kappa shape index (κ1) is 9.92. The Morgan fingerprint density at radius 3 is 2.50 bits per heavy atom. The Morgan fingerprint density at radius 2 is 2.10 bits per heavy atom. The number of nitrogens with two attached hydrogens (primary N) is 1. The lowest BCUT2D eigenvalue weighted by Crippen LogP contribution is -2.18. The Kier molecular flexibility index (Phi) is 4.65. The maximum Gasteiger partial charge on any atom is 0.0594 e. The molecule has 0 heterocycles. The van der Waals surface area contributed by atoms with E-state index in [0.29, 0.717) is 0 Å². The summed E-state index contributed by atoms with van der Waals surface area (Å²) in [6, 6.07) is 0. The van der Waals surface area contributed by atoms with Gasteiger partial charge in [-0.1, -0.05) is 0 Å². The standard InChI is InChI=1S/C8H18NO/c1-8(2,10)6-4-3-5-7-9/h4,10H,3,5-7,9H2,1-2H3. The fraction of sp³-hybridized carbons (Fsp3) is 0.875. The minimum absolute atomic E-state index is 0.547. The molecule has 3 N–H and O–H groups in total. The molecule has 61 valence electrons. The molecule has 0 amide bonds. The zero-order valence-corrected chi connectivity index (χ0v) is 6.93. The van der Waals surface area contributed by atoms with Crippen molar-refractivity contribution >= 4 is 0 Å². The Bertz CT molecular complexity index is 75.8. The first-order valence-corrected chi connectivity index (χ1v) is 3.80. The van der Waals surface area contributed by atoms with Crippen LogP contribution in [0.1, 0.15) is 33.1 Å². The second-order valence-corrected chi connectivity index (χ2v) is 3.24. The molecule has 2 nitrogen and oxygen atoms in total. The molecular formula is C8H18NO. The molecule has 2 heteroatoms. The van der Waals surface area contributed by atoms with Crippen LogP contribution in [0, 0.1) is 6.42 Å². The van der Waals surface area contributed by atoms with E-state index in [1.807, 2.05) is 13.8 Å². The Labute approximate surface area is 63.4 Å². The molecular weight excluding hydrogens is 126 g/mol. The van der Waals surface area contributed by atoms with Crippen molar-refractivity contribution in [2.24, 2.45) is 5.73 Å². The van der Waals surface area contributed by atoms with Gasteiger partial charge in [0.2, 0.25) is 0 Å². The molecule has 0 aliphatic rings. The highest BCUT2D eigenvalue weighted by Crippen LogP contribution is 2.11. The highest BCUT2D eigenvalue weighted by molar-refractivity contribution is 4.76. The highest BCUT2D eigenvalue weighted by Gasteiger charge is 2.10. The Hall–Kier alpha value is -0.0800. The molecule has 0 saturated heterocycles. The summed E-state index contributed by atoms with van der Waals surface area (Å²) in [6.45, 7) is 4.36. The highest BCUT2D eigenvalue weighted by atomic mass is 16.3. The quantitative estimate of drug-likeness (QED) is 0.567. The molecule has 1 radical (unpaired) electrons. The van der Waals surface area contributed by atoms with E-state index in [1.165, 1.54) is 0 Å². The van der Waals surface area contributed by atoms with Crippen LogP contribution < -0.4 is 5.73 Å². The lowest BCUT2D eigenvalue weighted by Gasteiger charge is -2.15. The predicted molar refractivity (Wildman–Crippen MR) is 43.5 cm³/mol. The minimum atomic E-state index is -0.547. The molecule has 0 aromatic heterocycles. The lowest BCUT2D eigenvalue weighted by molar-refractivity contribution is 0.0790. The lowest BCUT2D eigenvalue weighted by atomic mass is 10.0. The van der Waals surface area contributed by atoms with E-state index >= 15 is 0 Å². The molecule has 0 aliphatic heterocycles. The SMILES string of the molecule is CC(C)(O)C[CH]CCCN. The summed E-state index contributed by atoms with van der Waals surface area (Å²) in [6.07, 6.45) is 4.89.